The van der Waals surface area contributed by atoms with Gasteiger partial charge in [0.1, 0.15) is 12.7 Å². The number of nitrogens with zero attached hydrogens (tertiary/aromatic N) is 6. The molecule has 6 heteroatoms. The number of fused-ring (bicyclic) bond motifs is 4. The number of hydrogen-bond acceptors (Lipinski definition) is 1. The molecule has 0 saturated heterocycles. The van der Waals surface area contributed by atoms with Gasteiger partial charge in [0.25, 0.3) is 5.69 Å². The van der Waals surface area contributed by atoms with Crippen LogP contribution in [-0.2, 0) is 28.2 Å². The van der Waals surface area contributed by atoms with Crippen molar-refractivity contribution in [3.8, 4) is 22.9 Å². The van der Waals surface area contributed by atoms with Crippen LogP contribution in [0.4, 0.5) is 0 Å². The SMILES string of the molecule is Cn1c(-c2cccc(-c3cn4c5ccccc5nc4n3C)[n+]2C)[n+](C)c2ccccc21. The summed E-state index contributed by atoms with van der Waals surface area (Å²) >= 11 is 0. The molecule has 0 unspecified atom stereocenters. The summed E-state index contributed by atoms with van der Waals surface area (Å²) in [4.78, 5) is 4.84. The van der Waals surface area contributed by atoms with Crippen LogP contribution in [0.15, 0.2) is 72.9 Å². The van der Waals surface area contributed by atoms with E-state index in [9.17, 15) is 0 Å². The fourth-order valence-electron chi connectivity index (χ4n) is 4.84. The number of aromatic nitrogens is 6. The van der Waals surface area contributed by atoms with Gasteiger partial charge in [-0.2, -0.15) is 4.57 Å². The van der Waals surface area contributed by atoms with Crippen molar-refractivity contribution in [1.82, 2.24) is 18.5 Å². The summed E-state index contributed by atoms with van der Waals surface area (Å²) in [7, 11) is 8.48. The minimum Gasteiger partial charge on any atom is -0.308 e. The Labute approximate surface area is 179 Å². The van der Waals surface area contributed by atoms with Crippen molar-refractivity contribution in [2.45, 2.75) is 0 Å². The number of pyridine rings is 1. The Kier molecular flexibility index (Phi) is 3.63. The molecule has 4 heterocycles. The van der Waals surface area contributed by atoms with E-state index in [1.807, 2.05) is 6.07 Å². The predicted octanol–water partition coefficient (Wildman–Crippen LogP) is 3.30. The second-order valence-electron chi connectivity index (χ2n) is 8.13. The van der Waals surface area contributed by atoms with Crippen molar-refractivity contribution in [1.29, 1.82) is 0 Å². The number of imidazole rings is 3. The summed E-state index contributed by atoms with van der Waals surface area (Å²) in [6, 6.07) is 23.3. The summed E-state index contributed by atoms with van der Waals surface area (Å²) in [5.74, 6) is 2.10. The maximum atomic E-state index is 4.84. The number of para-hydroxylation sites is 4. The van der Waals surface area contributed by atoms with E-state index in [2.05, 4.69) is 118 Å². The molecule has 0 fully saturated rings. The van der Waals surface area contributed by atoms with Crippen LogP contribution in [0.2, 0.25) is 0 Å². The van der Waals surface area contributed by atoms with Crippen LogP contribution in [0.25, 0.3) is 50.8 Å². The largest absolute Gasteiger partial charge is 0.355 e. The number of benzene rings is 2. The van der Waals surface area contributed by atoms with Gasteiger partial charge in [0, 0.05) is 25.4 Å². The number of hydrogen-bond donors (Lipinski definition) is 0. The molecule has 0 N–H and O–H groups in total. The van der Waals surface area contributed by atoms with Crippen molar-refractivity contribution < 1.29 is 9.13 Å². The third-order valence-electron chi connectivity index (χ3n) is 6.45. The summed E-state index contributed by atoms with van der Waals surface area (Å²) in [6.45, 7) is 0. The number of rotatable bonds is 2. The zero-order valence-electron chi connectivity index (χ0n) is 18.1. The van der Waals surface area contributed by atoms with E-state index in [4.69, 9.17) is 4.98 Å². The van der Waals surface area contributed by atoms with E-state index in [-0.39, 0.29) is 0 Å². The van der Waals surface area contributed by atoms with Crippen LogP contribution in [0.3, 0.4) is 0 Å². The topological polar surface area (TPSA) is 34.9 Å². The lowest BCUT2D eigenvalue weighted by Crippen LogP contribution is -2.40. The van der Waals surface area contributed by atoms with Gasteiger partial charge in [-0.15, -0.1) is 0 Å². The first-order valence-corrected chi connectivity index (χ1v) is 10.4. The fraction of sp³-hybridized carbons (Fsp3) is 0.160. The lowest BCUT2D eigenvalue weighted by atomic mass is 10.2. The van der Waals surface area contributed by atoms with Crippen molar-refractivity contribution in [3.63, 3.8) is 0 Å². The Bertz CT molecular complexity index is 1590. The van der Waals surface area contributed by atoms with Crippen LogP contribution < -0.4 is 9.13 Å². The third kappa shape index (κ3) is 2.36. The minimum atomic E-state index is 0.941. The van der Waals surface area contributed by atoms with Gasteiger partial charge in [0.05, 0.1) is 25.1 Å². The second-order valence-corrected chi connectivity index (χ2v) is 8.13. The first-order valence-electron chi connectivity index (χ1n) is 10.4. The van der Waals surface area contributed by atoms with Gasteiger partial charge < -0.3 is 4.57 Å². The highest BCUT2D eigenvalue weighted by atomic mass is 15.2. The molecule has 0 bridgehead atoms. The van der Waals surface area contributed by atoms with Gasteiger partial charge in [-0.3, -0.25) is 4.40 Å². The molecule has 6 nitrogen and oxygen atoms in total. The van der Waals surface area contributed by atoms with Crippen LogP contribution in [0, 0.1) is 0 Å². The van der Waals surface area contributed by atoms with E-state index in [0.717, 1.165) is 39.7 Å². The van der Waals surface area contributed by atoms with E-state index in [1.54, 1.807) is 0 Å². The second kappa shape index (κ2) is 6.28. The molecule has 0 radical (unpaired) electrons. The minimum absolute atomic E-state index is 0.941. The van der Waals surface area contributed by atoms with Crippen molar-refractivity contribution in [2.75, 3.05) is 0 Å². The molecule has 0 spiro atoms. The Morgan fingerprint density at radius 1 is 0.710 bits per heavy atom. The summed E-state index contributed by atoms with van der Waals surface area (Å²) in [6.07, 6.45) is 2.19. The summed E-state index contributed by atoms with van der Waals surface area (Å²) in [5, 5.41) is 0. The molecule has 4 aromatic heterocycles. The van der Waals surface area contributed by atoms with Gasteiger partial charge >= 0.3 is 5.82 Å². The quantitative estimate of drug-likeness (QED) is 0.405. The highest BCUT2D eigenvalue weighted by Gasteiger charge is 2.30. The van der Waals surface area contributed by atoms with Crippen LogP contribution in [0.5, 0.6) is 0 Å². The fourth-order valence-corrected chi connectivity index (χ4v) is 4.84. The predicted molar refractivity (Wildman–Crippen MR) is 121 cm³/mol. The third-order valence-corrected chi connectivity index (χ3v) is 6.45. The molecule has 6 aromatic rings. The highest BCUT2D eigenvalue weighted by Crippen LogP contribution is 2.26. The molecule has 6 rings (SSSR count). The Morgan fingerprint density at radius 3 is 2.23 bits per heavy atom. The molecule has 0 aliphatic rings. The van der Waals surface area contributed by atoms with Crippen molar-refractivity contribution in [3.05, 3.63) is 72.9 Å². The molecule has 0 saturated carbocycles. The first-order chi connectivity index (χ1) is 15.1. The van der Waals surface area contributed by atoms with Gasteiger partial charge in [0.2, 0.25) is 11.5 Å². The van der Waals surface area contributed by atoms with Crippen LogP contribution in [0.1, 0.15) is 0 Å². The Balaban J connectivity index is 1.60. The summed E-state index contributed by atoms with van der Waals surface area (Å²) in [5.41, 5.74) is 7.99. The standard InChI is InChI=1S/C25H24N6/c1-27-21(23-16-31-18-11-6-5-10-17(18)26-25(31)30(23)4)14-9-15-22(27)24-28(2)19-12-7-8-13-20(19)29(24)3/h5-16H,1-4H3/q+2. The van der Waals surface area contributed by atoms with Gasteiger partial charge in [0.15, 0.2) is 11.0 Å². The lowest BCUT2D eigenvalue weighted by molar-refractivity contribution is -0.673. The molecule has 2 aromatic carbocycles. The Morgan fingerprint density at radius 2 is 1.42 bits per heavy atom. The van der Waals surface area contributed by atoms with Crippen LogP contribution >= 0.6 is 0 Å². The molecule has 0 aliphatic carbocycles. The summed E-state index contributed by atoms with van der Waals surface area (Å²) < 4.78 is 11.1. The zero-order chi connectivity index (χ0) is 21.3. The number of aryl methyl sites for hydroxylation is 3. The van der Waals surface area contributed by atoms with Crippen LogP contribution in [-0.4, -0.2) is 18.5 Å². The zero-order valence-corrected chi connectivity index (χ0v) is 18.1. The maximum Gasteiger partial charge on any atom is 0.355 e. The van der Waals surface area contributed by atoms with Gasteiger partial charge in [-0.25, -0.2) is 14.1 Å². The molecule has 0 amide bonds. The van der Waals surface area contributed by atoms with Gasteiger partial charge in [-0.05, 0) is 30.3 Å². The van der Waals surface area contributed by atoms with Crippen molar-refractivity contribution >= 4 is 27.8 Å². The first kappa shape index (κ1) is 17.9. The Hall–Kier alpha value is -3.93. The average molecular weight is 409 g/mol. The molecule has 0 aliphatic heterocycles. The monoisotopic (exact) mass is 408 g/mol. The van der Waals surface area contributed by atoms with E-state index < -0.39 is 0 Å². The lowest BCUT2D eigenvalue weighted by Gasteiger charge is -2.04. The van der Waals surface area contributed by atoms with E-state index >= 15 is 0 Å². The smallest absolute Gasteiger partial charge is 0.308 e. The molecule has 0 atom stereocenters. The average Bonchev–Trinajstić information content (AvgIpc) is 3.39. The molecular formula is C25H24N6+2. The van der Waals surface area contributed by atoms with E-state index in [0.29, 0.717) is 0 Å². The molecule has 31 heavy (non-hydrogen) atoms. The maximum absolute atomic E-state index is 4.84. The van der Waals surface area contributed by atoms with Gasteiger partial charge in [-0.1, -0.05) is 24.3 Å². The molecular weight excluding hydrogens is 384 g/mol. The van der Waals surface area contributed by atoms with Crippen molar-refractivity contribution in [2.24, 2.45) is 28.2 Å². The normalized spacial score (nSPS) is 11.9. The highest BCUT2D eigenvalue weighted by molar-refractivity contribution is 5.81. The van der Waals surface area contributed by atoms with E-state index in [1.165, 1.54) is 11.0 Å². The molecule has 152 valence electrons.